The van der Waals surface area contributed by atoms with Crippen LogP contribution in [0.5, 0.6) is 5.75 Å². The number of rotatable bonds is 5. The molecule has 0 fully saturated rings. The van der Waals surface area contributed by atoms with Crippen LogP contribution in [0.3, 0.4) is 0 Å². The third-order valence-electron chi connectivity index (χ3n) is 3.43. The largest absolute Gasteiger partial charge is 0.433 e. The van der Waals surface area contributed by atoms with Gasteiger partial charge >= 0.3 is 6.61 Å². The zero-order valence-electron chi connectivity index (χ0n) is 12.7. The van der Waals surface area contributed by atoms with Crippen molar-refractivity contribution in [1.82, 2.24) is 15.0 Å². The second kappa shape index (κ2) is 6.61. The minimum atomic E-state index is -2.97. The highest BCUT2D eigenvalue weighted by atomic mass is 19.3. The van der Waals surface area contributed by atoms with Gasteiger partial charge in [-0.1, -0.05) is 17.3 Å². The van der Waals surface area contributed by atoms with Gasteiger partial charge in [0.25, 0.3) is 5.91 Å². The second-order valence-corrected chi connectivity index (χ2v) is 4.94. The Labute approximate surface area is 136 Å². The number of nitrogens with zero attached hydrogens (tertiary/aromatic N) is 3. The van der Waals surface area contributed by atoms with Gasteiger partial charge in [-0.25, -0.2) is 4.68 Å². The Morgan fingerprint density at radius 1 is 1.29 bits per heavy atom. The van der Waals surface area contributed by atoms with Crippen LogP contribution in [0.2, 0.25) is 0 Å². The maximum atomic E-state index is 12.4. The van der Waals surface area contributed by atoms with E-state index in [0.717, 1.165) is 5.52 Å². The van der Waals surface area contributed by atoms with E-state index in [1.54, 1.807) is 35.0 Å². The van der Waals surface area contributed by atoms with E-state index < -0.39 is 12.5 Å². The molecule has 1 amide bonds. The summed E-state index contributed by atoms with van der Waals surface area (Å²) in [6, 6.07) is 11.0. The fourth-order valence-corrected chi connectivity index (χ4v) is 2.31. The number of halogens is 2. The number of alkyl halides is 2. The number of para-hydroxylation sites is 2. The molecule has 0 spiro atoms. The fraction of sp³-hybridized carbons (Fsp3) is 0.188. The number of hydrogen-bond donors (Lipinski definition) is 1. The number of fused-ring (bicyclic) bond motifs is 1. The number of anilines is 1. The molecule has 0 radical (unpaired) electrons. The molecule has 2 aromatic carbocycles. The number of aryl methyl sites for hydroxylation is 1. The summed E-state index contributed by atoms with van der Waals surface area (Å²) in [6.45, 7) is -0.363. The minimum absolute atomic E-state index is 0.0983. The lowest BCUT2D eigenvalue weighted by Gasteiger charge is -2.11. The first-order chi connectivity index (χ1) is 11.6. The summed E-state index contributed by atoms with van der Waals surface area (Å²) in [5, 5.41) is 10.5. The van der Waals surface area contributed by atoms with Gasteiger partial charge < -0.3 is 10.1 Å². The lowest BCUT2D eigenvalue weighted by atomic mass is 10.1. The predicted molar refractivity (Wildman–Crippen MR) is 84.2 cm³/mol. The third-order valence-corrected chi connectivity index (χ3v) is 3.43. The first-order valence-electron chi connectivity index (χ1n) is 7.27. The molecule has 124 valence electrons. The molecule has 1 heterocycles. The van der Waals surface area contributed by atoms with E-state index in [4.69, 9.17) is 0 Å². The van der Waals surface area contributed by atoms with Gasteiger partial charge in [0.2, 0.25) is 0 Å². The molecule has 0 saturated heterocycles. The highest BCUT2D eigenvalue weighted by molar-refractivity contribution is 6.06. The molecule has 0 saturated carbocycles. The Kier molecular flexibility index (Phi) is 4.37. The van der Waals surface area contributed by atoms with Gasteiger partial charge in [-0.2, -0.15) is 8.78 Å². The molecule has 0 atom stereocenters. The average molecular weight is 332 g/mol. The van der Waals surface area contributed by atoms with Crippen molar-refractivity contribution < 1.29 is 18.3 Å². The first-order valence-corrected chi connectivity index (χ1v) is 7.27. The highest BCUT2D eigenvalue weighted by Crippen LogP contribution is 2.26. The molecule has 0 aliphatic rings. The van der Waals surface area contributed by atoms with Gasteiger partial charge in [-0.3, -0.25) is 4.79 Å². The lowest BCUT2D eigenvalue weighted by molar-refractivity contribution is -0.0493. The molecule has 1 aromatic heterocycles. The van der Waals surface area contributed by atoms with Crippen LogP contribution in [0.1, 0.15) is 17.3 Å². The van der Waals surface area contributed by atoms with Crippen LogP contribution in [-0.2, 0) is 6.54 Å². The van der Waals surface area contributed by atoms with E-state index in [9.17, 15) is 13.6 Å². The zero-order chi connectivity index (χ0) is 17.1. The van der Waals surface area contributed by atoms with Crippen molar-refractivity contribution in [1.29, 1.82) is 0 Å². The number of benzene rings is 2. The van der Waals surface area contributed by atoms with Gasteiger partial charge in [-0.05, 0) is 37.3 Å². The Hall–Kier alpha value is -3.03. The summed E-state index contributed by atoms with van der Waals surface area (Å²) >= 11 is 0. The number of carbonyl (C=O) groups excluding carboxylic acids is 1. The Bertz CT molecular complexity index is 879. The minimum Gasteiger partial charge on any atom is -0.433 e. The quantitative estimate of drug-likeness (QED) is 0.778. The van der Waals surface area contributed by atoms with Crippen molar-refractivity contribution in [3.8, 4) is 5.75 Å². The normalized spacial score (nSPS) is 11.0. The van der Waals surface area contributed by atoms with Crippen LogP contribution < -0.4 is 10.1 Å². The Morgan fingerprint density at radius 2 is 2.08 bits per heavy atom. The van der Waals surface area contributed by atoms with Gasteiger partial charge in [0, 0.05) is 12.1 Å². The van der Waals surface area contributed by atoms with Gasteiger partial charge in [0.15, 0.2) is 0 Å². The van der Waals surface area contributed by atoms with Crippen LogP contribution in [0.25, 0.3) is 11.0 Å². The van der Waals surface area contributed by atoms with E-state index >= 15 is 0 Å². The molecule has 0 aliphatic heterocycles. The number of nitrogens with one attached hydrogen (secondary N) is 1. The maximum Gasteiger partial charge on any atom is 0.387 e. The molecular formula is C16H14F2N4O2. The molecule has 3 aromatic rings. The molecule has 8 heteroatoms. The van der Waals surface area contributed by atoms with Crippen LogP contribution in [-0.4, -0.2) is 27.5 Å². The molecule has 24 heavy (non-hydrogen) atoms. The van der Waals surface area contributed by atoms with Crippen molar-refractivity contribution >= 4 is 22.6 Å². The second-order valence-electron chi connectivity index (χ2n) is 4.94. The van der Waals surface area contributed by atoms with Crippen molar-refractivity contribution in [3.63, 3.8) is 0 Å². The summed E-state index contributed by atoms with van der Waals surface area (Å²) in [6.07, 6.45) is 0. The van der Waals surface area contributed by atoms with Crippen LogP contribution >= 0.6 is 0 Å². The molecule has 0 unspecified atom stereocenters. The van der Waals surface area contributed by atoms with Crippen molar-refractivity contribution in [2.45, 2.75) is 20.1 Å². The predicted octanol–water partition coefficient (Wildman–Crippen LogP) is 3.30. The van der Waals surface area contributed by atoms with Crippen molar-refractivity contribution in [3.05, 3.63) is 48.0 Å². The van der Waals surface area contributed by atoms with Crippen molar-refractivity contribution in [2.75, 3.05) is 5.32 Å². The van der Waals surface area contributed by atoms with Crippen molar-refractivity contribution in [2.24, 2.45) is 0 Å². The summed E-state index contributed by atoms with van der Waals surface area (Å²) < 4.78 is 30.9. The van der Waals surface area contributed by atoms with Gasteiger partial charge in [0.1, 0.15) is 11.3 Å². The number of aromatic nitrogens is 3. The fourth-order valence-electron chi connectivity index (χ4n) is 2.31. The Morgan fingerprint density at radius 3 is 2.83 bits per heavy atom. The van der Waals surface area contributed by atoms with E-state index in [1.165, 1.54) is 12.1 Å². The van der Waals surface area contributed by atoms with Gasteiger partial charge in [-0.15, -0.1) is 5.10 Å². The average Bonchev–Trinajstić information content (AvgIpc) is 2.98. The summed E-state index contributed by atoms with van der Waals surface area (Å²) in [4.78, 5) is 12.4. The van der Waals surface area contributed by atoms with Crippen LogP contribution in [0.4, 0.5) is 14.5 Å². The molecule has 0 bridgehead atoms. The van der Waals surface area contributed by atoms with Gasteiger partial charge in [0.05, 0.1) is 11.2 Å². The maximum absolute atomic E-state index is 12.4. The summed E-state index contributed by atoms with van der Waals surface area (Å²) in [7, 11) is 0. The molecule has 6 nitrogen and oxygen atoms in total. The molecule has 3 rings (SSSR count). The van der Waals surface area contributed by atoms with E-state index in [-0.39, 0.29) is 11.4 Å². The number of amides is 1. The number of ether oxygens (including phenoxy) is 1. The monoisotopic (exact) mass is 332 g/mol. The molecule has 0 aliphatic carbocycles. The molecule has 1 N–H and O–H groups in total. The lowest BCUT2D eigenvalue weighted by Crippen LogP contribution is -2.13. The number of carbonyl (C=O) groups is 1. The SMILES string of the molecule is CCn1nnc2cc(C(=O)Nc3ccccc3OC(F)F)ccc21. The van der Waals surface area contributed by atoms with Crippen LogP contribution in [0.15, 0.2) is 42.5 Å². The highest BCUT2D eigenvalue weighted by Gasteiger charge is 2.14. The molecular weight excluding hydrogens is 318 g/mol. The first kappa shape index (κ1) is 15.9. The third kappa shape index (κ3) is 3.17. The van der Waals surface area contributed by atoms with E-state index in [0.29, 0.717) is 17.6 Å². The number of hydrogen-bond acceptors (Lipinski definition) is 4. The smallest absolute Gasteiger partial charge is 0.387 e. The standard InChI is InChI=1S/C16H14F2N4O2/c1-2-22-13-8-7-10(9-12(13)20-21-22)15(23)19-11-5-3-4-6-14(11)24-16(17)18/h3-9,16H,2H2,1H3,(H,19,23). The van der Waals surface area contributed by atoms with E-state index in [1.807, 2.05) is 6.92 Å². The summed E-state index contributed by atoms with van der Waals surface area (Å²) in [5.74, 6) is -0.549. The topological polar surface area (TPSA) is 69.0 Å². The van der Waals surface area contributed by atoms with Crippen LogP contribution in [0, 0.1) is 0 Å². The zero-order valence-corrected chi connectivity index (χ0v) is 12.7. The summed E-state index contributed by atoms with van der Waals surface area (Å²) in [5.41, 5.74) is 1.91. The Balaban J connectivity index is 1.85. The van der Waals surface area contributed by atoms with E-state index in [2.05, 4.69) is 20.4 Å².